The van der Waals surface area contributed by atoms with Crippen LogP contribution >= 0.6 is 0 Å². The molecule has 0 aliphatic carbocycles. The molecule has 0 saturated heterocycles. The molecule has 6 nitrogen and oxygen atoms in total. The van der Waals surface area contributed by atoms with Crippen LogP contribution in [0.4, 0.5) is 0 Å². The average molecular weight is 349 g/mol. The number of sulfonamides is 1. The maximum absolute atomic E-state index is 12.8. The molecule has 0 bridgehead atoms. The van der Waals surface area contributed by atoms with E-state index in [1.807, 2.05) is 19.1 Å². The normalized spacial score (nSPS) is 11.9. The van der Waals surface area contributed by atoms with Gasteiger partial charge in [-0.2, -0.15) is 14.1 Å². The molecule has 0 aliphatic heterocycles. The maximum atomic E-state index is 12.8. The summed E-state index contributed by atoms with van der Waals surface area (Å²) in [6.07, 6.45) is 0. The van der Waals surface area contributed by atoms with Gasteiger partial charge in [0.1, 0.15) is 4.90 Å². The van der Waals surface area contributed by atoms with Gasteiger partial charge in [-0.3, -0.25) is 4.79 Å². The van der Waals surface area contributed by atoms with Crippen molar-refractivity contribution in [3.8, 4) is 0 Å². The van der Waals surface area contributed by atoms with Crippen LogP contribution in [0.5, 0.6) is 0 Å². The molecule has 7 heteroatoms. The summed E-state index contributed by atoms with van der Waals surface area (Å²) in [6.45, 7) is 9.47. The Kier molecular flexibility index (Phi) is 5.25. The predicted molar refractivity (Wildman–Crippen MR) is 92.7 cm³/mol. The highest BCUT2D eigenvalue weighted by Gasteiger charge is 2.30. The van der Waals surface area contributed by atoms with E-state index in [9.17, 15) is 13.2 Å². The van der Waals surface area contributed by atoms with E-state index < -0.39 is 10.0 Å². The molecule has 0 spiro atoms. The number of aryl methyl sites for hydroxylation is 2. The van der Waals surface area contributed by atoms with Crippen LogP contribution in [-0.4, -0.2) is 41.5 Å². The molecule has 0 aliphatic rings. The molecule has 130 valence electrons. The molecule has 0 saturated carbocycles. The van der Waals surface area contributed by atoms with Gasteiger partial charge in [0.2, 0.25) is 10.0 Å². The summed E-state index contributed by atoms with van der Waals surface area (Å²) in [4.78, 5) is 12.8. The number of aromatic nitrogens is 2. The molecule has 2 aromatic rings. The molecular weight excluding hydrogens is 326 g/mol. The van der Waals surface area contributed by atoms with Crippen LogP contribution in [-0.2, 0) is 10.0 Å². The Morgan fingerprint density at radius 1 is 1.08 bits per heavy atom. The zero-order valence-electron chi connectivity index (χ0n) is 14.7. The van der Waals surface area contributed by atoms with Crippen molar-refractivity contribution < 1.29 is 13.2 Å². The Bertz CT molecular complexity index is 848. The van der Waals surface area contributed by atoms with Gasteiger partial charge < -0.3 is 0 Å². The molecule has 24 heavy (non-hydrogen) atoms. The quantitative estimate of drug-likeness (QED) is 0.831. The van der Waals surface area contributed by atoms with E-state index in [1.54, 1.807) is 39.8 Å². The van der Waals surface area contributed by atoms with E-state index in [0.717, 1.165) is 5.56 Å². The van der Waals surface area contributed by atoms with Gasteiger partial charge in [0.15, 0.2) is 0 Å². The predicted octanol–water partition coefficient (Wildman–Crippen LogP) is 2.53. The number of rotatable bonds is 5. The van der Waals surface area contributed by atoms with Crippen molar-refractivity contribution in [3.63, 3.8) is 0 Å². The van der Waals surface area contributed by atoms with E-state index in [4.69, 9.17) is 0 Å². The van der Waals surface area contributed by atoms with Gasteiger partial charge >= 0.3 is 0 Å². The van der Waals surface area contributed by atoms with E-state index in [1.165, 1.54) is 8.99 Å². The van der Waals surface area contributed by atoms with Gasteiger partial charge in [0.05, 0.1) is 11.4 Å². The Morgan fingerprint density at radius 3 is 2.12 bits per heavy atom. The minimum atomic E-state index is -3.67. The number of benzene rings is 1. The zero-order valence-corrected chi connectivity index (χ0v) is 15.5. The Hall–Kier alpha value is -1.99. The lowest BCUT2D eigenvalue weighted by Crippen LogP contribution is -2.31. The van der Waals surface area contributed by atoms with Crippen molar-refractivity contribution in [3.05, 3.63) is 46.8 Å². The first-order valence-corrected chi connectivity index (χ1v) is 9.35. The largest absolute Gasteiger partial charge is 0.278 e. The molecule has 2 rings (SSSR count). The fraction of sp³-hybridized carbons (Fsp3) is 0.412. The van der Waals surface area contributed by atoms with Crippen LogP contribution in [0.1, 0.15) is 41.2 Å². The van der Waals surface area contributed by atoms with Crippen LogP contribution in [0.2, 0.25) is 0 Å². The molecule has 0 radical (unpaired) electrons. The van der Waals surface area contributed by atoms with Crippen molar-refractivity contribution in [1.29, 1.82) is 0 Å². The third-order valence-corrected chi connectivity index (χ3v) is 6.32. The van der Waals surface area contributed by atoms with E-state index in [-0.39, 0.29) is 10.8 Å². The van der Waals surface area contributed by atoms with Crippen molar-refractivity contribution >= 4 is 15.9 Å². The number of nitrogens with zero attached hydrogens (tertiary/aromatic N) is 3. The highest BCUT2D eigenvalue weighted by Crippen LogP contribution is 2.24. The van der Waals surface area contributed by atoms with E-state index in [0.29, 0.717) is 30.0 Å². The van der Waals surface area contributed by atoms with Gasteiger partial charge in [-0.15, -0.1) is 0 Å². The molecule has 1 aromatic carbocycles. The Morgan fingerprint density at radius 2 is 1.62 bits per heavy atom. The molecule has 1 heterocycles. The van der Waals surface area contributed by atoms with Gasteiger partial charge in [0, 0.05) is 18.7 Å². The average Bonchev–Trinajstić information content (AvgIpc) is 2.83. The van der Waals surface area contributed by atoms with Crippen molar-refractivity contribution in [2.45, 2.75) is 39.5 Å². The van der Waals surface area contributed by atoms with Crippen LogP contribution in [0.25, 0.3) is 0 Å². The Labute approximate surface area is 143 Å². The van der Waals surface area contributed by atoms with Crippen molar-refractivity contribution in [1.82, 2.24) is 14.1 Å². The summed E-state index contributed by atoms with van der Waals surface area (Å²) in [5, 5.41) is 4.19. The van der Waals surface area contributed by atoms with Crippen LogP contribution < -0.4 is 0 Å². The van der Waals surface area contributed by atoms with Gasteiger partial charge in [-0.1, -0.05) is 31.5 Å². The lowest BCUT2D eigenvalue weighted by molar-refractivity contribution is 0.0942. The monoisotopic (exact) mass is 349 g/mol. The van der Waals surface area contributed by atoms with Crippen LogP contribution in [0.3, 0.4) is 0 Å². The smallest absolute Gasteiger partial charge is 0.267 e. The highest BCUT2D eigenvalue weighted by molar-refractivity contribution is 7.89. The first kappa shape index (κ1) is 18.4. The summed E-state index contributed by atoms with van der Waals surface area (Å²) in [5.41, 5.74) is 2.19. The topological polar surface area (TPSA) is 72.3 Å². The third kappa shape index (κ3) is 3.14. The summed E-state index contributed by atoms with van der Waals surface area (Å²) in [7, 11) is -3.67. The fourth-order valence-electron chi connectivity index (χ4n) is 2.71. The van der Waals surface area contributed by atoms with Crippen molar-refractivity contribution in [2.75, 3.05) is 13.1 Å². The van der Waals surface area contributed by atoms with E-state index in [2.05, 4.69) is 5.10 Å². The molecule has 0 unspecified atom stereocenters. The first-order chi connectivity index (χ1) is 11.2. The highest BCUT2D eigenvalue weighted by atomic mass is 32.2. The molecule has 0 fully saturated rings. The summed E-state index contributed by atoms with van der Waals surface area (Å²) in [6, 6.07) is 7.11. The maximum Gasteiger partial charge on any atom is 0.278 e. The van der Waals surface area contributed by atoms with E-state index >= 15 is 0 Å². The number of carbonyl (C=O) groups excluding carboxylic acids is 1. The molecule has 0 N–H and O–H groups in total. The summed E-state index contributed by atoms with van der Waals surface area (Å²) >= 11 is 0. The zero-order chi connectivity index (χ0) is 18.1. The van der Waals surface area contributed by atoms with Crippen LogP contribution in [0.15, 0.2) is 29.2 Å². The molecule has 0 amide bonds. The van der Waals surface area contributed by atoms with Gasteiger partial charge in [0.25, 0.3) is 5.91 Å². The second-order valence-electron chi connectivity index (χ2n) is 5.67. The summed E-state index contributed by atoms with van der Waals surface area (Å²) in [5.74, 6) is -0.336. The lowest BCUT2D eigenvalue weighted by Gasteiger charge is -2.18. The van der Waals surface area contributed by atoms with Crippen LogP contribution in [0, 0.1) is 20.8 Å². The van der Waals surface area contributed by atoms with Gasteiger partial charge in [-0.25, -0.2) is 8.42 Å². The molecule has 0 atom stereocenters. The van der Waals surface area contributed by atoms with Crippen molar-refractivity contribution in [2.24, 2.45) is 0 Å². The first-order valence-electron chi connectivity index (χ1n) is 7.91. The number of hydrogen-bond acceptors (Lipinski definition) is 4. The standard InChI is InChI=1S/C17H23N3O3S/c1-6-19(7-2)24(22,23)16-13(4)18-20(14(16)5)17(21)15-10-8-12(3)9-11-15/h8-11H,6-7H2,1-5H3. The SMILES string of the molecule is CCN(CC)S(=O)(=O)c1c(C)nn(C(=O)c2ccc(C)cc2)c1C. The minimum absolute atomic E-state index is 0.117. The third-order valence-electron chi connectivity index (χ3n) is 4.02. The fourth-order valence-corrected chi connectivity index (χ4v) is 4.52. The lowest BCUT2D eigenvalue weighted by atomic mass is 10.1. The number of hydrogen-bond donors (Lipinski definition) is 0. The Balaban J connectivity index is 2.53. The number of carbonyl (C=O) groups is 1. The molecule has 1 aromatic heterocycles. The van der Waals surface area contributed by atoms with Gasteiger partial charge in [-0.05, 0) is 32.9 Å². The second kappa shape index (κ2) is 6.86. The minimum Gasteiger partial charge on any atom is -0.267 e. The second-order valence-corrected chi connectivity index (χ2v) is 7.55. The summed E-state index contributed by atoms with van der Waals surface area (Å²) < 4.78 is 28.2. The molecular formula is C17H23N3O3S.